The third-order valence-electron chi connectivity index (χ3n) is 5.44. The van der Waals surface area contributed by atoms with E-state index in [4.69, 9.17) is 0 Å². The van der Waals surface area contributed by atoms with Crippen LogP contribution < -0.4 is 0 Å². The molecule has 0 saturated carbocycles. The number of aromatic nitrogens is 2. The van der Waals surface area contributed by atoms with Crippen molar-refractivity contribution in [2.24, 2.45) is 10.8 Å². The van der Waals surface area contributed by atoms with Crippen LogP contribution in [0.1, 0.15) is 73.4 Å². The van der Waals surface area contributed by atoms with Crippen LogP contribution in [0.5, 0.6) is 0 Å². The van der Waals surface area contributed by atoms with Crippen molar-refractivity contribution in [3.05, 3.63) is 71.9 Å². The molecule has 3 rings (SSSR count). The van der Waals surface area contributed by atoms with E-state index in [2.05, 4.69) is 61.9 Å². The molecule has 0 spiro atoms. The number of aliphatic hydroxyl groups excluding tert-OH is 1. The zero-order valence-electron chi connectivity index (χ0n) is 22.7. The van der Waals surface area contributed by atoms with E-state index < -0.39 is 5.41 Å². The van der Waals surface area contributed by atoms with Gasteiger partial charge < -0.3 is 10.1 Å². The Hall–Kier alpha value is -2.36. The predicted octanol–water partition coefficient (Wildman–Crippen LogP) is 7.79. The number of carbonyl (C=O) groups is 1. The van der Waals surface area contributed by atoms with E-state index in [-0.39, 0.29) is 42.5 Å². The van der Waals surface area contributed by atoms with Crippen LogP contribution >= 0.6 is 0 Å². The Balaban J connectivity index is 0.000000383. The molecule has 0 fully saturated rings. The summed E-state index contributed by atoms with van der Waals surface area (Å²) in [5.41, 5.74) is 3.83. The van der Waals surface area contributed by atoms with Gasteiger partial charge in [0.05, 0.1) is 0 Å². The van der Waals surface area contributed by atoms with E-state index >= 15 is 0 Å². The molecule has 0 amide bonds. The van der Waals surface area contributed by atoms with Crippen molar-refractivity contribution in [2.75, 3.05) is 0 Å². The molecule has 0 atom stereocenters. The van der Waals surface area contributed by atoms with E-state index in [1.165, 1.54) is 11.6 Å². The van der Waals surface area contributed by atoms with Crippen LogP contribution in [0.4, 0.5) is 0 Å². The van der Waals surface area contributed by atoms with E-state index in [9.17, 15) is 9.90 Å². The molecule has 35 heavy (non-hydrogen) atoms. The maximum Gasteiger partial charge on any atom is 0.164 e. The van der Waals surface area contributed by atoms with Crippen molar-refractivity contribution in [3.63, 3.8) is 0 Å². The van der Waals surface area contributed by atoms with Gasteiger partial charge in [-0.25, -0.2) is 0 Å². The Morgan fingerprint density at radius 3 is 2.09 bits per heavy atom. The molecule has 0 aliphatic heterocycles. The molecule has 1 aromatic carbocycles. The van der Waals surface area contributed by atoms with Gasteiger partial charge >= 0.3 is 0 Å². The molecule has 3 aromatic rings. The molecule has 0 bridgehead atoms. The number of nitrogens with zero attached hydrogens (tertiary/aromatic N) is 2. The van der Waals surface area contributed by atoms with Gasteiger partial charge in [0.25, 0.3) is 0 Å². The molecule has 191 valence electrons. The van der Waals surface area contributed by atoms with Gasteiger partial charge in [-0.1, -0.05) is 75.3 Å². The van der Waals surface area contributed by atoms with Crippen molar-refractivity contribution < 1.29 is 30.0 Å². The molecule has 0 saturated heterocycles. The zero-order chi connectivity index (χ0) is 25.9. The average Bonchev–Trinajstić information content (AvgIpc) is 2.71. The molecule has 0 unspecified atom stereocenters. The summed E-state index contributed by atoms with van der Waals surface area (Å²) in [6, 6.07) is 11.9. The third-order valence-corrected chi connectivity index (χ3v) is 5.44. The summed E-state index contributed by atoms with van der Waals surface area (Å²) < 4.78 is 0. The molecule has 1 N–H and O–H groups in total. The molecule has 5 heteroatoms. The van der Waals surface area contributed by atoms with Crippen molar-refractivity contribution >= 4 is 16.6 Å². The van der Waals surface area contributed by atoms with Gasteiger partial charge in [0.1, 0.15) is 5.76 Å². The first-order chi connectivity index (χ1) is 15.5. The Kier molecular flexibility index (Phi) is 10.1. The monoisotopic (exact) mass is 652 g/mol. The Labute approximate surface area is 224 Å². The summed E-state index contributed by atoms with van der Waals surface area (Å²) >= 11 is 0. The Morgan fingerprint density at radius 2 is 1.54 bits per heavy atom. The number of fused-ring (bicyclic) bond motifs is 1. The first kappa shape index (κ1) is 30.7. The first-order valence-corrected chi connectivity index (χ1v) is 11.7. The van der Waals surface area contributed by atoms with Gasteiger partial charge in [-0.2, -0.15) is 0 Å². The molecule has 2 aromatic heterocycles. The van der Waals surface area contributed by atoms with Gasteiger partial charge in [0.2, 0.25) is 0 Å². The van der Waals surface area contributed by atoms with Crippen molar-refractivity contribution in [1.82, 2.24) is 9.97 Å². The Morgan fingerprint density at radius 1 is 0.914 bits per heavy atom. The molecule has 1 radical (unpaired) electrons. The number of allylic oxidation sites excluding steroid dienone is 2. The van der Waals surface area contributed by atoms with E-state index in [1.807, 2.05) is 66.2 Å². The molecule has 0 aliphatic carbocycles. The predicted molar refractivity (Wildman–Crippen MR) is 142 cm³/mol. The second kappa shape index (κ2) is 11.6. The van der Waals surface area contributed by atoms with Crippen molar-refractivity contribution in [1.29, 1.82) is 0 Å². The zero-order valence-corrected chi connectivity index (χ0v) is 25.1. The summed E-state index contributed by atoms with van der Waals surface area (Å²) in [5.74, 6) is 0.104. The summed E-state index contributed by atoms with van der Waals surface area (Å²) in [6.07, 6.45) is 6.86. The molecule has 0 aliphatic rings. The van der Waals surface area contributed by atoms with Crippen LogP contribution in [0.15, 0.2) is 54.7 Å². The Bertz CT molecular complexity index is 1190. The molecular formula is C30H39IrN2O2-. The van der Waals surface area contributed by atoms with Gasteiger partial charge in [-0.15, -0.1) is 34.9 Å². The van der Waals surface area contributed by atoms with Crippen molar-refractivity contribution in [3.8, 4) is 11.3 Å². The fourth-order valence-corrected chi connectivity index (χ4v) is 2.97. The van der Waals surface area contributed by atoms with Crippen LogP contribution in [0.2, 0.25) is 0 Å². The van der Waals surface area contributed by atoms with Crippen LogP contribution in [0, 0.1) is 23.8 Å². The van der Waals surface area contributed by atoms with Crippen LogP contribution in [0.3, 0.4) is 0 Å². The van der Waals surface area contributed by atoms with Crippen LogP contribution in [0.25, 0.3) is 22.0 Å². The summed E-state index contributed by atoms with van der Waals surface area (Å²) in [6.45, 7) is 19.9. The fraction of sp³-hybridized carbons (Fsp3) is 0.433. The maximum absolute atomic E-state index is 11.5. The van der Waals surface area contributed by atoms with Crippen molar-refractivity contribution in [2.45, 2.75) is 74.7 Å². The quantitative estimate of drug-likeness (QED) is 0.175. The smallest absolute Gasteiger partial charge is 0.164 e. The van der Waals surface area contributed by atoms with E-state index in [0.29, 0.717) is 0 Å². The van der Waals surface area contributed by atoms with E-state index in [1.54, 1.807) is 0 Å². The van der Waals surface area contributed by atoms with Gasteiger partial charge in [-0.05, 0) is 22.6 Å². The second-order valence-corrected chi connectivity index (χ2v) is 11.9. The number of aliphatic hydroxyl groups is 1. The van der Waals surface area contributed by atoms with Gasteiger partial charge in [-0.3, -0.25) is 9.78 Å². The standard InChI is InChI=1S/C19H19N2.C11H20O2.Ir/c1-13-7-15(9-17(8-13)19(2,3)4)18-10-14-5-6-20-11-16(14)12-21-18;1-10(2,3)8(12)7-9(13)11(4,5)6;/h5-6,8-12H,1-4H3;7,12H,1-6H3;/q-1;;/b;8-7-;. The third kappa shape index (κ3) is 8.98. The number of rotatable bonds is 2. The summed E-state index contributed by atoms with van der Waals surface area (Å²) in [7, 11) is 0. The number of pyridine rings is 2. The minimum absolute atomic E-state index is 0. The van der Waals surface area contributed by atoms with Gasteiger partial charge in [0.15, 0.2) is 5.78 Å². The normalized spacial score (nSPS) is 12.5. The topological polar surface area (TPSA) is 63.1 Å². The minimum atomic E-state index is -0.417. The van der Waals surface area contributed by atoms with Gasteiger partial charge in [0, 0.05) is 61.0 Å². The first-order valence-electron chi connectivity index (χ1n) is 11.7. The number of ketones is 1. The summed E-state index contributed by atoms with van der Waals surface area (Å²) in [5, 5.41) is 11.8. The average molecular weight is 652 g/mol. The SMILES string of the molecule is CC(C)(C)C(=O)/C=C(\O)C(C)(C)C.Cc1[c-]c(-c2cc3ccncc3cn2)cc(C(C)(C)C)c1.[Ir]. The number of hydrogen-bond donors (Lipinski definition) is 1. The second-order valence-electron chi connectivity index (χ2n) is 11.9. The molecular weight excluding hydrogens is 613 g/mol. The number of hydrogen-bond acceptors (Lipinski definition) is 4. The largest absolute Gasteiger partial charge is 0.512 e. The molecule has 2 heterocycles. The summed E-state index contributed by atoms with van der Waals surface area (Å²) in [4.78, 5) is 20.2. The number of benzene rings is 1. The minimum Gasteiger partial charge on any atom is -0.512 e. The number of aryl methyl sites for hydroxylation is 1. The number of carbonyl (C=O) groups excluding carboxylic acids is 1. The fourth-order valence-electron chi connectivity index (χ4n) is 2.97. The van der Waals surface area contributed by atoms with E-state index in [0.717, 1.165) is 27.6 Å². The van der Waals surface area contributed by atoms with Crippen LogP contribution in [-0.4, -0.2) is 20.9 Å². The van der Waals surface area contributed by atoms with Crippen LogP contribution in [-0.2, 0) is 30.3 Å². The maximum atomic E-state index is 11.5. The molecule has 4 nitrogen and oxygen atoms in total.